The fourth-order valence-corrected chi connectivity index (χ4v) is 4.62. The number of hydrogen-bond acceptors (Lipinski definition) is 11. The number of non-ortho nitro benzene ring substituents is 2. The van der Waals surface area contributed by atoms with E-state index >= 15 is 0 Å². The van der Waals surface area contributed by atoms with E-state index in [1.807, 2.05) is 0 Å². The van der Waals surface area contributed by atoms with Gasteiger partial charge in [0.05, 0.1) is 37.0 Å². The van der Waals surface area contributed by atoms with Crippen LogP contribution < -0.4 is 9.79 Å². The zero-order valence-electron chi connectivity index (χ0n) is 22.6. The molecule has 0 aliphatic carbocycles. The number of fused-ring (bicyclic) bond motifs is 1. The van der Waals surface area contributed by atoms with Gasteiger partial charge < -0.3 is 5.11 Å². The van der Waals surface area contributed by atoms with Gasteiger partial charge in [-0.25, -0.2) is 0 Å². The third-order valence-corrected chi connectivity index (χ3v) is 6.66. The second-order valence-corrected chi connectivity index (χ2v) is 9.35. The first-order valence-corrected chi connectivity index (χ1v) is 12.7. The summed E-state index contributed by atoms with van der Waals surface area (Å²) in [7, 11) is 0. The van der Waals surface area contributed by atoms with Crippen LogP contribution in [0.25, 0.3) is 22.5 Å². The Hall–Kier alpha value is -6.91. The van der Waals surface area contributed by atoms with Crippen molar-refractivity contribution in [3.63, 3.8) is 0 Å². The van der Waals surface area contributed by atoms with Crippen molar-refractivity contribution < 1.29 is 34.3 Å². The van der Waals surface area contributed by atoms with Gasteiger partial charge in [-0.2, -0.15) is 0 Å². The predicted octanol–water partition coefficient (Wildman–Crippen LogP) is 3.57. The number of carbonyl (C=O) groups excluding carboxylic acids is 1. The van der Waals surface area contributed by atoms with Gasteiger partial charge in [-0.3, -0.25) is 45.3 Å². The number of nitro benzene ring substituents is 4. The summed E-state index contributed by atoms with van der Waals surface area (Å²) >= 11 is 0. The first-order chi connectivity index (χ1) is 21.5. The van der Waals surface area contributed by atoms with Crippen LogP contribution in [0.2, 0.25) is 0 Å². The van der Waals surface area contributed by atoms with Gasteiger partial charge in [0.25, 0.3) is 22.7 Å². The van der Waals surface area contributed by atoms with E-state index in [2.05, 4.69) is 5.21 Å². The van der Waals surface area contributed by atoms with Gasteiger partial charge in [0, 0.05) is 17.7 Å². The van der Waals surface area contributed by atoms with E-state index in [-0.39, 0.29) is 28.8 Å². The first kappa shape index (κ1) is 29.6. The molecule has 224 valence electrons. The molecule has 0 radical (unpaired) electrons. The quantitative estimate of drug-likeness (QED) is 0.0552. The van der Waals surface area contributed by atoms with Crippen LogP contribution >= 0.6 is 0 Å². The monoisotopic (exact) mass is 611 g/mol. The molecule has 0 amide bonds. The molecular weight excluding hydrogens is 594 g/mol. The van der Waals surface area contributed by atoms with Gasteiger partial charge >= 0.3 is 0 Å². The predicted molar refractivity (Wildman–Crippen MR) is 152 cm³/mol. The van der Waals surface area contributed by atoms with Gasteiger partial charge in [0.15, 0.2) is 23.3 Å². The minimum atomic E-state index is -1.15. The highest BCUT2D eigenvalue weighted by Crippen LogP contribution is 2.41. The SMILES string of the molecule is O=C(C[n+]1nn(/C(=C(/[O-])c2ccc([N+](=O)[O-])cc2)c2c([N+](=O)[O-])cc([N+](=O)[O-])cc2[N+](=O)[O-])c2ccccc21)c1ccccc1. The maximum Gasteiger partial charge on any atom is 0.294 e. The number of hydrogen-bond donors (Lipinski definition) is 0. The lowest BCUT2D eigenvalue weighted by Gasteiger charge is -2.16. The number of para-hydroxylation sites is 2. The van der Waals surface area contributed by atoms with Crippen molar-refractivity contribution in [1.29, 1.82) is 0 Å². The fraction of sp³-hybridized carbons (Fsp3) is 0.0357. The molecule has 5 rings (SSSR count). The van der Waals surface area contributed by atoms with E-state index in [0.29, 0.717) is 17.7 Å². The number of rotatable bonds is 10. The van der Waals surface area contributed by atoms with E-state index in [9.17, 15) is 50.4 Å². The molecule has 0 fully saturated rings. The van der Waals surface area contributed by atoms with Crippen LogP contribution in [0.5, 0.6) is 0 Å². The highest BCUT2D eigenvalue weighted by Gasteiger charge is 2.38. The zero-order chi connectivity index (χ0) is 32.4. The topological polar surface area (TPSA) is 234 Å². The summed E-state index contributed by atoms with van der Waals surface area (Å²) < 4.78 is 2.06. The van der Waals surface area contributed by atoms with Crippen molar-refractivity contribution in [3.8, 4) is 0 Å². The minimum absolute atomic E-state index is 0.0885. The number of ketones is 1. The highest BCUT2D eigenvalue weighted by molar-refractivity contribution is 5.97. The maximum atomic E-state index is 14.2. The molecule has 0 atom stereocenters. The van der Waals surface area contributed by atoms with Crippen LogP contribution in [0.1, 0.15) is 21.5 Å². The number of nitro groups is 4. The Kier molecular flexibility index (Phi) is 7.73. The minimum Gasteiger partial charge on any atom is -0.869 e. The molecule has 0 N–H and O–H groups in total. The Balaban J connectivity index is 1.87. The number of Topliss-reactive ketones (excluding diaryl/α,β-unsaturated/α-hetero) is 1. The smallest absolute Gasteiger partial charge is 0.294 e. The molecule has 5 aromatic rings. The van der Waals surface area contributed by atoms with Crippen LogP contribution in [0, 0.1) is 40.5 Å². The summed E-state index contributed by atoms with van der Waals surface area (Å²) in [6.45, 7) is -0.374. The Morgan fingerprint density at radius 1 is 0.689 bits per heavy atom. The first-order valence-electron chi connectivity index (χ1n) is 12.7. The molecule has 0 aliphatic heterocycles. The average molecular weight is 611 g/mol. The van der Waals surface area contributed by atoms with Crippen molar-refractivity contribution in [2.45, 2.75) is 6.54 Å². The standard InChI is InChI=1S/C28H17N7O10/c36-25(17-6-2-1-3-7-17)16-30-21-8-4-5-9-22(21)31(29-30)27(28(37)18-10-12-19(13-11-18)32(38)39)26-23(34(42)43)14-20(33(40)41)15-24(26)35(44)45/h1-15H,16H2. The molecule has 0 saturated heterocycles. The summed E-state index contributed by atoms with van der Waals surface area (Å²) in [4.78, 5) is 56.3. The molecule has 45 heavy (non-hydrogen) atoms. The zero-order valence-corrected chi connectivity index (χ0v) is 22.6. The van der Waals surface area contributed by atoms with Crippen LogP contribution in [0.4, 0.5) is 22.7 Å². The lowest BCUT2D eigenvalue weighted by Crippen LogP contribution is -2.41. The number of benzene rings is 4. The van der Waals surface area contributed by atoms with Crippen molar-refractivity contribution in [3.05, 3.63) is 148 Å². The van der Waals surface area contributed by atoms with Gasteiger partial charge in [0.2, 0.25) is 11.3 Å². The van der Waals surface area contributed by atoms with Crippen LogP contribution in [0.15, 0.2) is 91.0 Å². The summed E-state index contributed by atoms with van der Waals surface area (Å²) in [6.07, 6.45) is 0. The molecule has 1 aromatic heterocycles. The van der Waals surface area contributed by atoms with E-state index in [1.165, 1.54) is 22.9 Å². The summed E-state index contributed by atoms with van der Waals surface area (Å²) in [5.74, 6) is -1.49. The Labute approximate surface area is 250 Å². The normalized spacial score (nSPS) is 11.6. The highest BCUT2D eigenvalue weighted by atomic mass is 16.6. The Bertz CT molecular complexity index is 2040. The van der Waals surface area contributed by atoms with E-state index < -0.39 is 59.6 Å². The third-order valence-electron chi connectivity index (χ3n) is 6.66. The lowest BCUT2D eigenvalue weighted by atomic mass is 10.0. The van der Waals surface area contributed by atoms with Crippen molar-refractivity contribution in [2.24, 2.45) is 0 Å². The molecule has 4 aromatic carbocycles. The van der Waals surface area contributed by atoms with Gasteiger partial charge in [0.1, 0.15) is 0 Å². The van der Waals surface area contributed by atoms with Gasteiger partial charge in [-0.1, -0.05) is 47.1 Å². The maximum absolute atomic E-state index is 14.2. The average Bonchev–Trinajstić information content (AvgIpc) is 3.38. The van der Waals surface area contributed by atoms with E-state index in [1.54, 1.807) is 36.4 Å². The van der Waals surface area contributed by atoms with E-state index in [0.717, 1.165) is 28.9 Å². The second kappa shape index (κ2) is 11.8. The van der Waals surface area contributed by atoms with Gasteiger partial charge in [-0.15, -0.1) is 4.68 Å². The molecule has 17 nitrogen and oxygen atoms in total. The molecule has 0 unspecified atom stereocenters. The number of carbonyl (C=O) groups is 1. The number of nitrogens with zero attached hydrogens (tertiary/aromatic N) is 7. The molecule has 1 heterocycles. The molecule has 0 aliphatic rings. The van der Waals surface area contributed by atoms with E-state index in [4.69, 9.17) is 0 Å². The summed E-state index contributed by atoms with van der Waals surface area (Å²) in [6, 6.07) is 19.3. The van der Waals surface area contributed by atoms with Crippen molar-refractivity contribution in [2.75, 3.05) is 0 Å². The summed E-state index contributed by atoms with van der Waals surface area (Å²) in [5, 5.41) is 65.7. The molecule has 0 spiro atoms. The summed E-state index contributed by atoms with van der Waals surface area (Å²) in [5.41, 5.74) is -4.93. The Morgan fingerprint density at radius 3 is 1.80 bits per heavy atom. The molecule has 0 saturated carbocycles. The lowest BCUT2D eigenvalue weighted by molar-refractivity contribution is -0.719. The van der Waals surface area contributed by atoms with Crippen LogP contribution in [-0.2, 0) is 6.54 Å². The largest absolute Gasteiger partial charge is 0.869 e. The Morgan fingerprint density at radius 2 is 1.24 bits per heavy atom. The van der Waals surface area contributed by atoms with Gasteiger partial charge in [-0.05, 0) is 35.6 Å². The number of aromatic nitrogens is 3. The van der Waals surface area contributed by atoms with Crippen molar-refractivity contribution >= 4 is 51.0 Å². The third kappa shape index (κ3) is 5.63. The van der Waals surface area contributed by atoms with Crippen molar-refractivity contribution in [1.82, 2.24) is 9.90 Å². The van der Waals surface area contributed by atoms with Crippen LogP contribution in [-0.4, -0.2) is 35.4 Å². The fourth-order valence-electron chi connectivity index (χ4n) is 4.62. The van der Waals surface area contributed by atoms with Crippen LogP contribution in [0.3, 0.4) is 0 Å². The second-order valence-electron chi connectivity index (χ2n) is 9.35. The molecule has 0 bridgehead atoms. The molecule has 17 heteroatoms. The molecular formula is C28H17N7O10.